The van der Waals surface area contributed by atoms with E-state index in [9.17, 15) is 0 Å². The van der Waals surface area contributed by atoms with E-state index in [0.717, 1.165) is 42.9 Å². The van der Waals surface area contributed by atoms with Crippen molar-refractivity contribution in [3.8, 4) is 17.2 Å². The van der Waals surface area contributed by atoms with Gasteiger partial charge in [-0.15, -0.1) is 11.3 Å². The van der Waals surface area contributed by atoms with E-state index < -0.39 is 0 Å². The SMILES string of the molecule is CC.N#Cc1cccc(-c2csc([C@@H]3CC4=NCCCN4C(N)=N3)c2)c1. The van der Waals surface area contributed by atoms with E-state index in [1.54, 1.807) is 11.3 Å². The number of nitrogens with zero attached hydrogens (tertiary/aromatic N) is 4. The van der Waals surface area contributed by atoms with Crippen LogP contribution in [0.3, 0.4) is 0 Å². The zero-order valence-corrected chi connectivity index (χ0v) is 16.0. The first-order valence-corrected chi connectivity index (χ1v) is 9.85. The molecule has 0 spiro atoms. The summed E-state index contributed by atoms with van der Waals surface area (Å²) in [4.78, 5) is 12.5. The fourth-order valence-corrected chi connectivity index (χ4v) is 4.09. The van der Waals surface area contributed by atoms with Crippen molar-refractivity contribution in [1.82, 2.24) is 4.90 Å². The van der Waals surface area contributed by atoms with Crippen molar-refractivity contribution in [3.63, 3.8) is 0 Å². The zero-order chi connectivity index (χ0) is 18.5. The predicted octanol–water partition coefficient (Wildman–Crippen LogP) is 4.18. The van der Waals surface area contributed by atoms with E-state index in [1.165, 1.54) is 4.88 Å². The largest absolute Gasteiger partial charge is 0.369 e. The van der Waals surface area contributed by atoms with Gasteiger partial charge >= 0.3 is 0 Å². The third-order valence-electron chi connectivity index (χ3n) is 4.36. The summed E-state index contributed by atoms with van der Waals surface area (Å²) in [5, 5.41) is 11.2. The summed E-state index contributed by atoms with van der Waals surface area (Å²) in [5.74, 6) is 1.63. The second-order valence-electron chi connectivity index (χ2n) is 5.94. The number of thiophene rings is 1. The van der Waals surface area contributed by atoms with Crippen molar-refractivity contribution < 1.29 is 0 Å². The molecule has 0 aliphatic carbocycles. The van der Waals surface area contributed by atoms with Crippen LogP contribution in [0.1, 0.15) is 43.2 Å². The molecule has 2 aliphatic heterocycles. The molecule has 2 aliphatic rings. The summed E-state index contributed by atoms with van der Waals surface area (Å²) < 4.78 is 0. The van der Waals surface area contributed by atoms with Crippen molar-refractivity contribution in [1.29, 1.82) is 5.26 Å². The van der Waals surface area contributed by atoms with Gasteiger partial charge in [0.15, 0.2) is 5.96 Å². The van der Waals surface area contributed by atoms with Gasteiger partial charge in [0.25, 0.3) is 0 Å². The van der Waals surface area contributed by atoms with Gasteiger partial charge in [0.1, 0.15) is 5.84 Å². The van der Waals surface area contributed by atoms with E-state index in [2.05, 4.69) is 27.5 Å². The number of hydrogen-bond acceptors (Lipinski definition) is 6. The molecule has 0 unspecified atom stereocenters. The van der Waals surface area contributed by atoms with Gasteiger partial charge in [-0.2, -0.15) is 5.26 Å². The summed E-state index contributed by atoms with van der Waals surface area (Å²) in [5.41, 5.74) is 8.99. The number of guanidine groups is 1. The predicted molar refractivity (Wildman–Crippen MR) is 108 cm³/mol. The Bertz CT molecular complexity index is 874. The average Bonchev–Trinajstić information content (AvgIpc) is 3.20. The molecular weight excluding hydrogens is 342 g/mol. The Kier molecular flexibility index (Phi) is 5.69. The minimum absolute atomic E-state index is 0.0380. The summed E-state index contributed by atoms with van der Waals surface area (Å²) in [6.07, 6.45) is 1.83. The van der Waals surface area contributed by atoms with Gasteiger partial charge in [-0.1, -0.05) is 26.0 Å². The number of nitriles is 1. The molecule has 1 aromatic carbocycles. The Morgan fingerprint density at radius 2 is 2.12 bits per heavy atom. The maximum Gasteiger partial charge on any atom is 0.197 e. The molecule has 0 saturated heterocycles. The topological polar surface area (TPSA) is 77.8 Å². The first-order chi connectivity index (χ1) is 12.7. The lowest BCUT2D eigenvalue weighted by molar-refractivity contribution is 0.495. The van der Waals surface area contributed by atoms with Crippen LogP contribution in [0.15, 0.2) is 45.7 Å². The van der Waals surface area contributed by atoms with Gasteiger partial charge < -0.3 is 10.6 Å². The second kappa shape index (κ2) is 8.15. The lowest BCUT2D eigenvalue weighted by atomic mass is 10.0. The molecule has 0 radical (unpaired) electrons. The van der Waals surface area contributed by atoms with Crippen molar-refractivity contribution >= 4 is 23.1 Å². The van der Waals surface area contributed by atoms with Crippen LogP contribution in [0, 0.1) is 11.3 Å². The lowest BCUT2D eigenvalue weighted by Crippen LogP contribution is -2.48. The summed E-state index contributed by atoms with van der Waals surface area (Å²) in [6.45, 7) is 5.79. The van der Waals surface area contributed by atoms with Crippen LogP contribution < -0.4 is 5.73 Å². The highest BCUT2D eigenvalue weighted by Gasteiger charge is 2.28. The van der Waals surface area contributed by atoms with E-state index in [-0.39, 0.29) is 6.04 Å². The Labute approximate surface area is 158 Å². The molecule has 134 valence electrons. The smallest absolute Gasteiger partial charge is 0.197 e. The van der Waals surface area contributed by atoms with E-state index in [0.29, 0.717) is 11.5 Å². The highest BCUT2D eigenvalue weighted by Crippen LogP contribution is 2.35. The molecule has 4 rings (SSSR count). The molecule has 6 heteroatoms. The van der Waals surface area contributed by atoms with Gasteiger partial charge in [-0.05, 0) is 41.1 Å². The third-order valence-corrected chi connectivity index (χ3v) is 5.39. The van der Waals surface area contributed by atoms with Crippen LogP contribution >= 0.6 is 11.3 Å². The minimum Gasteiger partial charge on any atom is -0.369 e. The maximum atomic E-state index is 9.06. The first-order valence-electron chi connectivity index (χ1n) is 8.98. The number of nitrogens with two attached hydrogens (primary N) is 1. The molecule has 0 fully saturated rings. The third kappa shape index (κ3) is 3.63. The summed E-state index contributed by atoms with van der Waals surface area (Å²) in [6, 6.07) is 12.1. The molecule has 26 heavy (non-hydrogen) atoms. The standard InChI is InChI=1S/C18H17N5S.C2H6/c19-10-12-3-1-4-13(7-12)14-8-16(24-11-14)15-9-17-21-5-2-6-23(17)18(20)22-15;1-2/h1,3-4,7-8,11,15H,2,5-6,9H2,(H2,20,22);1-2H3/t15-;/m0./s1. The Morgan fingerprint density at radius 1 is 1.27 bits per heavy atom. The highest BCUT2D eigenvalue weighted by molar-refractivity contribution is 7.10. The van der Waals surface area contributed by atoms with Crippen molar-refractivity contribution in [2.75, 3.05) is 13.1 Å². The van der Waals surface area contributed by atoms with Gasteiger partial charge in [-0.3, -0.25) is 4.99 Å². The lowest BCUT2D eigenvalue weighted by Gasteiger charge is -2.33. The van der Waals surface area contributed by atoms with Crippen LogP contribution in [-0.2, 0) is 0 Å². The zero-order valence-electron chi connectivity index (χ0n) is 15.1. The minimum atomic E-state index is 0.0380. The molecule has 0 amide bonds. The molecular formula is C20H23N5S. The Balaban J connectivity index is 0.000000948. The number of aliphatic imine (C=N–C) groups is 2. The van der Waals surface area contributed by atoms with E-state index in [1.807, 2.05) is 43.0 Å². The van der Waals surface area contributed by atoms with Crippen LogP contribution in [0.5, 0.6) is 0 Å². The average molecular weight is 366 g/mol. The first kappa shape index (κ1) is 18.2. The summed E-state index contributed by atoms with van der Waals surface area (Å²) >= 11 is 1.69. The fourth-order valence-electron chi connectivity index (χ4n) is 3.13. The molecule has 2 N–H and O–H groups in total. The van der Waals surface area contributed by atoms with Gasteiger partial charge in [-0.25, -0.2) is 4.99 Å². The Morgan fingerprint density at radius 3 is 2.92 bits per heavy atom. The van der Waals surface area contributed by atoms with Crippen LogP contribution in [0.4, 0.5) is 0 Å². The number of amidine groups is 1. The highest BCUT2D eigenvalue weighted by atomic mass is 32.1. The molecule has 3 heterocycles. The number of rotatable bonds is 2. The quantitative estimate of drug-likeness (QED) is 0.867. The summed E-state index contributed by atoms with van der Waals surface area (Å²) in [7, 11) is 0. The number of hydrogen-bond donors (Lipinski definition) is 1. The van der Waals surface area contributed by atoms with Crippen molar-refractivity contribution in [2.45, 2.75) is 32.7 Å². The molecule has 0 bridgehead atoms. The van der Waals surface area contributed by atoms with Gasteiger partial charge in [0, 0.05) is 24.4 Å². The number of fused-ring (bicyclic) bond motifs is 1. The second-order valence-corrected chi connectivity index (χ2v) is 6.88. The number of benzene rings is 1. The van der Waals surface area contributed by atoms with E-state index >= 15 is 0 Å². The molecule has 2 aromatic rings. The van der Waals surface area contributed by atoms with Gasteiger partial charge in [0.05, 0.1) is 17.7 Å². The Hall–Kier alpha value is -2.65. The van der Waals surface area contributed by atoms with Gasteiger partial charge in [0.2, 0.25) is 0 Å². The maximum absolute atomic E-state index is 9.06. The van der Waals surface area contributed by atoms with Crippen LogP contribution in [0.2, 0.25) is 0 Å². The molecule has 1 atom stereocenters. The van der Waals surface area contributed by atoms with Crippen LogP contribution in [-0.4, -0.2) is 29.8 Å². The van der Waals surface area contributed by atoms with Crippen LogP contribution in [0.25, 0.3) is 11.1 Å². The fraction of sp³-hybridized carbons (Fsp3) is 0.350. The molecule has 0 saturated carbocycles. The molecule has 5 nitrogen and oxygen atoms in total. The monoisotopic (exact) mass is 365 g/mol. The normalized spacial score (nSPS) is 18.7. The van der Waals surface area contributed by atoms with Crippen molar-refractivity contribution in [2.24, 2.45) is 15.7 Å². The molecule has 1 aromatic heterocycles. The van der Waals surface area contributed by atoms with E-state index in [4.69, 9.17) is 11.0 Å². The van der Waals surface area contributed by atoms with Crippen molar-refractivity contribution in [3.05, 3.63) is 46.2 Å².